The van der Waals surface area contributed by atoms with Gasteiger partial charge in [0.15, 0.2) is 0 Å². The van der Waals surface area contributed by atoms with Gasteiger partial charge in [0, 0.05) is 11.4 Å². The maximum atomic E-state index is 3.29. The lowest BCUT2D eigenvalue weighted by Gasteiger charge is -2.08. The number of hydrogen-bond donors (Lipinski definition) is 2. The molecule has 0 saturated heterocycles. The molecule has 0 atom stereocenters. The number of hydrogen-bond acceptors (Lipinski definition) is 2. The fourth-order valence-electron chi connectivity index (χ4n) is 2.89. The second-order valence-electron chi connectivity index (χ2n) is 6.29. The van der Waals surface area contributed by atoms with Crippen molar-refractivity contribution in [1.82, 2.24) is 0 Å². The Hall–Kier alpha value is -3.62. The third-order valence-corrected chi connectivity index (χ3v) is 4.44. The summed E-state index contributed by atoms with van der Waals surface area (Å²) in [5, 5.41) is 6.58. The Labute approximate surface area is 168 Å². The largest absolute Gasteiger partial charge is 0.374 e. The lowest BCUT2D eigenvalue weighted by atomic mass is 10.00. The summed E-state index contributed by atoms with van der Waals surface area (Å²) in [5.74, 6) is 11.8. The van der Waals surface area contributed by atoms with Crippen molar-refractivity contribution in [2.24, 2.45) is 0 Å². The van der Waals surface area contributed by atoms with Gasteiger partial charge in [-0.25, -0.2) is 0 Å². The SMILES string of the molecule is CC#CCNc1ccc(-c2ccc(-c3ccc(NCC#CC)cc3)cc2)cc1. The van der Waals surface area contributed by atoms with E-state index >= 15 is 0 Å². The second-order valence-corrected chi connectivity index (χ2v) is 6.29. The molecule has 0 bridgehead atoms. The van der Waals surface area contributed by atoms with E-state index in [1.54, 1.807) is 0 Å². The van der Waals surface area contributed by atoms with E-state index < -0.39 is 0 Å². The van der Waals surface area contributed by atoms with Gasteiger partial charge in [-0.05, 0) is 60.4 Å². The summed E-state index contributed by atoms with van der Waals surface area (Å²) in [6.45, 7) is 5.04. The first-order chi connectivity index (χ1) is 13.8. The first-order valence-electron chi connectivity index (χ1n) is 9.38. The number of benzene rings is 3. The Kier molecular flexibility index (Phi) is 6.78. The van der Waals surface area contributed by atoms with Gasteiger partial charge in [0.2, 0.25) is 0 Å². The third-order valence-electron chi connectivity index (χ3n) is 4.44. The molecule has 28 heavy (non-hydrogen) atoms. The highest BCUT2D eigenvalue weighted by atomic mass is 14.9. The summed E-state index contributed by atoms with van der Waals surface area (Å²) < 4.78 is 0. The van der Waals surface area contributed by atoms with E-state index in [1.165, 1.54) is 22.3 Å². The molecule has 0 aliphatic heterocycles. The molecule has 0 fully saturated rings. The minimum atomic E-state index is 0.671. The molecule has 0 radical (unpaired) electrons. The average molecular weight is 364 g/mol. The van der Waals surface area contributed by atoms with Gasteiger partial charge in [-0.2, -0.15) is 0 Å². The molecule has 0 saturated carbocycles. The highest BCUT2D eigenvalue weighted by molar-refractivity contribution is 5.72. The Balaban J connectivity index is 1.67. The van der Waals surface area contributed by atoms with E-state index in [2.05, 4.69) is 107 Å². The van der Waals surface area contributed by atoms with Gasteiger partial charge >= 0.3 is 0 Å². The van der Waals surface area contributed by atoms with Crippen molar-refractivity contribution in [3.8, 4) is 45.9 Å². The summed E-state index contributed by atoms with van der Waals surface area (Å²) in [6.07, 6.45) is 0. The molecular weight excluding hydrogens is 340 g/mol. The maximum absolute atomic E-state index is 3.29. The summed E-state index contributed by atoms with van der Waals surface area (Å²) in [4.78, 5) is 0. The van der Waals surface area contributed by atoms with Crippen LogP contribution in [0, 0.1) is 23.7 Å². The lowest BCUT2D eigenvalue weighted by Crippen LogP contribution is -1.98. The molecule has 3 aromatic rings. The Bertz CT molecular complexity index is 920. The van der Waals surface area contributed by atoms with E-state index in [0.29, 0.717) is 13.1 Å². The summed E-state index contributed by atoms with van der Waals surface area (Å²) in [7, 11) is 0. The quantitative estimate of drug-likeness (QED) is 0.533. The molecule has 138 valence electrons. The van der Waals surface area contributed by atoms with Crippen LogP contribution in [0.25, 0.3) is 22.3 Å². The van der Waals surface area contributed by atoms with E-state index in [4.69, 9.17) is 0 Å². The molecule has 0 aliphatic rings. The average Bonchev–Trinajstić information content (AvgIpc) is 2.75. The van der Waals surface area contributed by atoms with Crippen LogP contribution in [0.4, 0.5) is 11.4 Å². The molecule has 2 heteroatoms. The van der Waals surface area contributed by atoms with Crippen molar-refractivity contribution < 1.29 is 0 Å². The fraction of sp³-hybridized carbons (Fsp3) is 0.154. The van der Waals surface area contributed by atoms with Gasteiger partial charge in [-0.1, -0.05) is 60.4 Å². The molecule has 0 unspecified atom stereocenters. The van der Waals surface area contributed by atoms with Crippen LogP contribution < -0.4 is 10.6 Å². The topological polar surface area (TPSA) is 24.1 Å². The molecule has 3 rings (SSSR count). The normalized spacial score (nSPS) is 9.50. The zero-order chi connectivity index (χ0) is 19.6. The third kappa shape index (κ3) is 5.19. The van der Waals surface area contributed by atoms with E-state index in [1.807, 2.05) is 13.8 Å². The molecule has 0 heterocycles. The first-order valence-corrected chi connectivity index (χ1v) is 9.38. The highest BCUT2D eigenvalue weighted by Crippen LogP contribution is 2.26. The van der Waals surface area contributed by atoms with Crippen LogP contribution in [-0.2, 0) is 0 Å². The Morgan fingerprint density at radius 2 is 0.786 bits per heavy atom. The summed E-state index contributed by atoms with van der Waals surface area (Å²) >= 11 is 0. The molecule has 0 spiro atoms. The van der Waals surface area contributed by atoms with Gasteiger partial charge in [-0.3, -0.25) is 0 Å². The number of anilines is 2. The predicted molar refractivity (Wildman–Crippen MR) is 121 cm³/mol. The highest BCUT2D eigenvalue weighted by Gasteiger charge is 2.01. The van der Waals surface area contributed by atoms with Crippen LogP contribution >= 0.6 is 0 Å². The molecule has 0 amide bonds. The van der Waals surface area contributed by atoms with Crippen LogP contribution in [0.1, 0.15) is 13.8 Å². The fourth-order valence-corrected chi connectivity index (χ4v) is 2.89. The van der Waals surface area contributed by atoms with Gasteiger partial charge < -0.3 is 10.6 Å². The minimum absolute atomic E-state index is 0.671. The summed E-state index contributed by atoms with van der Waals surface area (Å²) in [6, 6.07) is 25.6. The van der Waals surface area contributed by atoms with E-state index in [9.17, 15) is 0 Å². The van der Waals surface area contributed by atoms with E-state index in [-0.39, 0.29) is 0 Å². The minimum Gasteiger partial charge on any atom is -0.374 e. The molecule has 0 aliphatic carbocycles. The zero-order valence-corrected chi connectivity index (χ0v) is 16.3. The van der Waals surface area contributed by atoms with Gasteiger partial charge in [0.25, 0.3) is 0 Å². The van der Waals surface area contributed by atoms with E-state index in [0.717, 1.165) is 11.4 Å². The predicted octanol–water partition coefficient (Wildman–Crippen LogP) is 5.89. The Morgan fingerprint density at radius 3 is 1.07 bits per heavy atom. The van der Waals surface area contributed by atoms with Crippen molar-refractivity contribution >= 4 is 11.4 Å². The standard InChI is InChI=1S/C26H24N2/c1-3-5-19-27-25-15-11-23(12-16-25)21-7-9-22(10-8-21)24-13-17-26(18-14-24)28-20-6-4-2/h7-18,27-28H,19-20H2,1-2H3. The van der Waals surface area contributed by atoms with Crippen molar-refractivity contribution in [3.63, 3.8) is 0 Å². The molecule has 3 aromatic carbocycles. The van der Waals surface area contributed by atoms with Crippen molar-refractivity contribution in [2.45, 2.75) is 13.8 Å². The van der Waals surface area contributed by atoms with Gasteiger partial charge in [0.05, 0.1) is 13.1 Å². The lowest BCUT2D eigenvalue weighted by molar-refractivity contribution is 1.38. The van der Waals surface area contributed by atoms with Crippen LogP contribution in [0.3, 0.4) is 0 Å². The van der Waals surface area contributed by atoms with Crippen LogP contribution in [0.15, 0.2) is 72.8 Å². The molecule has 2 nitrogen and oxygen atoms in total. The molecular formula is C26H24N2. The van der Waals surface area contributed by atoms with Crippen molar-refractivity contribution in [1.29, 1.82) is 0 Å². The number of rotatable bonds is 6. The van der Waals surface area contributed by atoms with Crippen LogP contribution in [0.5, 0.6) is 0 Å². The van der Waals surface area contributed by atoms with Gasteiger partial charge in [0.1, 0.15) is 0 Å². The van der Waals surface area contributed by atoms with Crippen LogP contribution in [0.2, 0.25) is 0 Å². The monoisotopic (exact) mass is 364 g/mol. The number of nitrogens with one attached hydrogen (secondary N) is 2. The zero-order valence-electron chi connectivity index (χ0n) is 16.3. The summed E-state index contributed by atoms with van der Waals surface area (Å²) in [5.41, 5.74) is 6.99. The van der Waals surface area contributed by atoms with Crippen molar-refractivity contribution in [3.05, 3.63) is 72.8 Å². The van der Waals surface area contributed by atoms with Crippen molar-refractivity contribution in [2.75, 3.05) is 23.7 Å². The Morgan fingerprint density at radius 1 is 0.500 bits per heavy atom. The smallest absolute Gasteiger partial charge is 0.0765 e. The van der Waals surface area contributed by atoms with Gasteiger partial charge in [-0.15, -0.1) is 11.8 Å². The second kappa shape index (κ2) is 9.91. The van der Waals surface area contributed by atoms with Crippen LogP contribution in [-0.4, -0.2) is 13.1 Å². The molecule has 2 N–H and O–H groups in total. The first kappa shape index (κ1) is 19.2. The maximum Gasteiger partial charge on any atom is 0.0765 e. The molecule has 0 aromatic heterocycles.